The van der Waals surface area contributed by atoms with Crippen LogP contribution in [0.1, 0.15) is 109 Å². The SMILES string of the molecule is CCCCCCCCCCCCCCCCNc1ccc(CCC=O)cc1. The molecule has 0 atom stereocenters. The quantitative estimate of drug-likeness (QED) is 0.199. The average molecular weight is 374 g/mol. The van der Waals surface area contributed by atoms with Crippen LogP contribution < -0.4 is 5.32 Å². The molecule has 1 N–H and O–H groups in total. The number of aryl methyl sites for hydroxylation is 1. The van der Waals surface area contributed by atoms with E-state index in [-0.39, 0.29) is 0 Å². The van der Waals surface area contributed by atoms with Gasteiger partial charge in [-0.05, 0) is 30.5 Å². The van der Waals surface area contributed by atoms with E-state index in [0.717, 1.165) is 19.3 Å². The molecule has 2 nitrogen and oxygen atoms in total. The van der Waals surface area contributed by atoms with Crippen LogP contribution in [-0.4, -0.2) is 12.8 Å². The van der Waals surface area contributed by atoms with E-state index >= 15 is 0 Å². The topological polar surface area (TPSA) is 29.1 Å². The summed E-state index contributed by atoms with van der Waals surface area (Å²) < 4.78 is 0. The number of hydrogen-bond donors (Lipinski definition) is 1. The fraction of sp³-hybridized carbons (Fsp3) is 0.720. The number of hydrogen-bond acceptors (Lipinski definition) is 2. The molecule has 0 amide bonds. The van der Waals surface area contributed by atoms with Crippen LogP contribution in [0.4, 0.5) is 5.69 Å². The Kier molecular flexibility index (Phi) is 15.9. The second-order valence-electron chi connectivity index (χ2n) is 7.93. The molecule has 1 rings (SSSR count). The van der Waals surface area contributed by atoms with Crippen molar-refractivity contribution in [1.82, 2.24) is 0 Å². The summed E-state index contributed by atoms with van der Waals surface area (Å²) in [5.41, 5.74) is 2.43. The molecule has 154 valence electrons. The van der Waals surface area contributed by atoms with Gasteiger partial charge in [0, 0.05) is 18.7 Å². The Balaban J connectivity index is 1.83. The van der Waals surface area contributed by atoms with Crippen LogP contribution in [0, 0.1) is 0 Å². The van der Waals surface area contributed by atoms with E-state index in [4.69, 9.17) is 0 Å². The summed E-state index contributed by atoms with van der Waals surface area (Å²) in [6.45, 7) is 3.35. The maximum Gasteiger partial charge on any atom is 0.120 e. The number of benzene rings is 1. The van der Waals surface area contributed by atoms with E-state index in [1.165, 1.54) is 101 Å². The maximum atomic E-state index is 10.4. The molecule has 0 aliphatic carbocycles. The van der Waals surface area contributed by atoms with Crippen molar-refractivity contribution in [1.29, 1.82) is 0 Å². The first kappa shape index (κ1) is 23.7. The summed E-state index contributed by atoms with van der Waals surface area (Å²) in [6, 6.07) is 8.50. The number of anilines is 1. The van der Waals surface area contributed by atoms with E-state index in [9.17, 15) is 4.79 Å². The normalized spacial score (nSPS) is 10.9. The zero-order valence-electron chi connectivity index (χ0n) is 17.8. The Morgan fingerprint density at radius 2 is 1.19 bits per heavy atom. The molecule has 0 saturated carbocycles. The summed E-state index contributed by atoms with van der Waals surface area (Å²) in [6.07, 6.45) is 22.1. The van der Waals surface area contributed by atoms with Crippen LogP contribution in [0.15, 0.2) is 24.3 Å². The van der Waals surface area contributed by atoms with Crippen molar-refractivity contribution in [3.05, 3.63) is 29.8 Å². The van der Waals surface area contributed by atoms with Gasteiger partial charge < -0.3 is 10.1 Å². The Labute approximate surface area is 168 Å². The highest BCUT2D eigenvalue weighted by atomic mass is 16.1. The van der Waals surface area contributed by atoms with Gasteiger partial charge in [0.2, 0.25) is 0 Å². The molecule has 0 fully saturated rings. The van der Waals surface area contributed by atoms with E-state index in [1.807, 2.05) is 0 Å². The van der Waals surface area contributed by atoms with E-state index in [0.29, 0.717) is 6.42 Å². The third kappa shape index (κ3) is 14.4. The van der Waals surface area contributed by atoms with Gasteiger partial charge >= 0.3 is 0 Å². The van der Waals surface area contributed by atoms with Gasteiger partial charge in [-0.2, -0.15) is 0 Å². The second kappa shape index (κ2) is 18.1. The van der Waals surface area contributed by atoms with Crippen LogP contribution in [-0.2, 0) is 11.2 Å². The highest BCUT2D eigenvalue weighted by Crippen LogP contribution is 2.14. The monoisotopic (exact) mass is 373 g/mol. The van der Waals surface area contributed by atoms with Crippen LogP contribution in [0.3, 0.4) is 0 Å². The molecule has 1 aromatic carbocycles. The van der Waals surface area contributed by atoms with Gasteiger partial charge in [0.1, 0.15) is 6.29 Å². The zero-order chi connectivity index (χ0) is 19.4. The van der Waals surface area contributed by atoms with Crippen molar-refractivity contribution in [2.45, 2.75) is 110 Å². The molecule has 0 unspecified atom stereocenters. The lowest BCUT2D eigenvalue weighted by Crippen LogP contribution is -2.01. The van der Waals surface area contributed by atoms with Gasteiger partial charge in [0.05, 0.1) is 0 Å². The highest BCUT2D eigenvalue weighted by Gasteiger charge is 1.96. The maximum absolute atomic E-state index is 10.4. The van der Waals surface area contributed by atoms with Crippen molar-refractivity contribution in [3.63, 3.8) is 0 Å². The number of unbranched alkanes of at least 4 members (excludes halogenated alkanes) is 13. The molecule has 0 saturated heterocycles. The molecule has 0 bridgehead atoms. The predicted octanol–water partition coefficient (Wildman–Crippen LogP) is 7.71. The summed E-state index contributed by atoms with van der Waals surface area (Å²) in [7, 11) is 0. The van der Waals surface area contributed by atoms with Gasteiger partial charge in [-0.3, -0.25) is 0 Å². The number of carbonyl (C=O) groups excluding carboxylic acids is 1. The summed E-state index contributed by atoms with van der Waals surface area (Å²) in [5.74, 6) is 0. The molecule has 27 heavy (non-hydrogen) atoms. The van der Waals surface area contributed by atoms with Gasteiger partial charge in [0.25, 0.3) is 0 Å². The standard InChI is InChI=1S/C25H43NO/c1-2-3-4-5-6-7-8-9-10-11-12-13-14-15-22-26-25-20-18-24(19-21-25)17-16-23-27/h18-21,23,26H,2-17,22H2,1H3. The minimum absolute atomic E-state index is 0.617. The smallest absolute Gasteiger partial charge is 0.120 e. The molecule has 0 radical (unpaired) electrons. The van der Waals surface area contributed by atoms with Crippen LogP contribution >= 0.6 is 0 Å². The molecule has 0 heterocycles. The van der Waals surface area contributed by atoms with Crippen LogP contribution in [0.5, 0.6) is 0 Å². The fourth-order valence-electron chi connectivity index (χ4n) is 3.57. The molecule has 0 aliphatic rings. The van der Waals surface area contributed by atoms with Gasteiger partial charge in [-0.15, -0.1) is 0 Å². The first-order chi connectivity index (χ1) is 13.4. The number of rotatable bonds is 19. The summed E-state index contributed by atoms with van der Waals surface area (Å²) in [4.78, 5) is 10.4. The van der Waals surface area contributed by atoms with Crippen LogP contribution in [0.25, 0.3) is 0 Å². The lowest BCUT2D eigenvalue weighted by atomic mass is 10.0. The minimum Gasteiger partial charge on any atom is -0.385 e. The van der Waals surface area contributed by atoms with Crippen molar-refractivity contribution in [3.8, 4) is 0 Å². The van der Waals surface area contributed by atoms with Crippen LogP contribution in [0.2, 0.25) is 0 Å². The Morgan fingerprint density at radius 1 is 0.704 bits per heavy atom. The number of nitrogens with one attached hydrogen (secondary N) is 1. The van der Waals surface area contributed by atoms with Crippen molar-refractivity contribution < 1.29 is 4.79 Å². The molecule has 2 heteroatoms. The van der Waals surface area contributed by atoms with Crippen molar-refractivity contribution in [2.24, 2.45) is 0 Å². The van der Waals surface area contributed by atoms with Gasteiger partial charge in [-0.1, -0.05) is 103 Å². The first-order valence-corrected chi connectivity index (χ1v) is 11.6. The zero-order valence-corrected chi connectivity index (χ0v) is 17.8. The first-order valence-electron chi connectivity index (χ1n) is 11.6. The van der Waals surface area contributed by atoms with Crippen molar-refractivity contribution >= 4 is 12.0 Å². The third-order valence-corrected chi connectivity index (χ3v) is 5.36. The van der Waals surface area contributed by atoms with E-state index in [1.54, 1.807) is 0 Å². The Hall–Kier alpha value is -1.31. The number of carbonyl (C=O) groups is 1. The molecular formula is C25H43NO. The summed E-state index contributed by atoms with van der Waals surface area (Å²) in [5, 5.41) is 3.50. The average Bonchev–Trinajstić information content (AvgIpc) is 2.70. The molecule has 0 aliphatic heterocycles. The van der Waals surface area contributed by atoms with Gasteiger partial charge in [-0.25, -0.2) is 0 Å². The number of aldehydes is 1. The molecular weight excluding hydrogens is 330 g/mol. The summed E-state index contributed by atoms with van der Waals surface area (Å²) >= 11 is 0. The van der Waals surface area contributed by atoms with Gasteiger partial charge in [0.15, 0.2) is 0 Å². The molecule has 0 aromatic heterocycles. The lowest BCUT2D eigenvalue weighted by Gasteiger charge is -2.07. The molecule has 1 aromatic rings. The van der Waals surface area contributed by atoms with Crippen molar-refractivity contribution in [2.75, 3.05) is 11.9 Å². The highest BCUT2D eigenvalue weighted by molar-refractivity contribution is 5.51. The predicted molar refractivity (Wildman–Crippen MR) is 120 cm³/mol. The fourth-order valence-corrected chi connectivity index (χ4v) is 3.57. The Morgan fingerprint density at radius 3 is 1.67 bits per heavy atom. The third-order valence-electron chi connectivity index (χ3n) is 5.36. The Bertz CT molecular complexity index is 440. The largest absolute Gasteiger partial charge is 0.385 e. The molecule has 0 spiro atoms. The van der Waals surface area contributed by atoms with E-state index in [2.05, 4.69) is 36.5 Å². The lowest BCUT2D eigenvalue weighted by molar-refractivity contribution is -0.107. The minimum atomic E-state index is 0.617. The van der Waals surface area contributed by atoms with E-state index < -0.39 is 0 Å². The second-order valence-corrected chi connectivity index (χ2v) is 7.93.